The normalized spacial score (nSPS) is 11.9. The van der Waals surface area contributed by atoms with Crippen LogP contribution < -0.4 is 0 Å². The van der Waals surface area contributed by atoms with Gasteiger partial charge in [0.1, 0.15) is 5.82 Å². The molecule has 14 heavy (non-hydrogen) atoms. The third-order valence-electron chi connectivity index (χ3n) is 2.13. The minimum atomic E-state index is -0.240. The average Bonchev–Trinajstić information content (AvgIpc) is 2.19. The zero-order valence-electron chi connectivity index (χ0n) is 8.56. The van der Waals surface area contributed by atoms with Crippen molar-refractivity contribution in [2.45, 2.75) is 27.2 Å². The van der Waals surface area contributed by atoms with Crippen molar-refractivity contribution in [1.29, 1.82) is 0 Å². The molecule has 0 radical (unpaired) electrons. The van der Waals surface area contributed by atoms with Gasteiger partial charge in [-0.05, 0) is 53.9 Å². The molecule has 0 aromatic heterocycles. The first-order valence-electron chi connectivity index (χ1n) is 4.55. The second kappa shape index (κ2) is 4.69. The van der Waals surface area contributed by atoms with Gasteiger partial charge in [-0.15, -0.1) is 0 Å². The van der Waals surface area contributed by atoms with Crippen molar-refractivity contribution < 1.29 is 4.39 Å². The molecule has 0 bridgehead atoms. The summed E-state index contributed by atoms with van der Waals surface area (Å²) in [6.45, 7) is 5.87. The molecule has 0 atom stereocenters. The molecule has 0 aliphatic carbocycles. The predicted octanol–water partition coefficient (Wildman–Crippen LogP) is 4.40. The largest absolute Gasteiger partial charge is 0.258 e. The number of nitrogens with zero attached hydrogens (tertiary/aromatic N) is 1. The molecule has 1 aromatic rings. The molecule has 1 nitrogen and oxygen atoms in total. The number of benzene rings is 1. The van der Waals surface area contributed by atoms with E-state index >= 15 is 0 Å². The highest BCUT2D eigenvalue weighted by Crippen LogP contribution is 2.28. The Labute approximate surface area is 92.2 Å². The highest BCUT2D eigenvalue weighted by molar-refractivity contribution is 9.10. The van der Waals surface area contributed by atoms with E-state index in [1.807, 2.05) is 20.8 Å². The Morgan fingerprint density at radius 3 is 2.71 bits per heavy atom. The lowest BCUT2D eigenvalue weighted by Gasteiger charge is -2.04. The van der Waals surface area contributed by atoms with Crippen LogP contribution in [0.1, 0.15) is 25.8 Å². The van der Waals surface area contributed by atoms with Crippen molar-refractivity contribution in [3.05, 3.63) is 28.0 Å². The molecule has 1 aromatic carbocycles. The lowest BCUT2D eigenvalue weighted by atomic mass is 10.2. The van der Waals surface area contributed by atoms with Crippen LogP contribution in [0.3, 0.4) is 0 Å². The fraction of sp³-hybridized carbons (Fsp3) is 0.364. The third kappa shape index (κ3) is 2.41. The summed E-state index contributed by atoms with van der Waals surface area (Å²) < 4.78 is 13.6. The van der Waals surface area contributed by atoms with E-state index in [-0.39, 0.29) is 5.82 Å². The van der Waals surface area contributed by atoms with Crippen LogP contribution in [-0.2, 0) is 0 Å². The maximum absolute atomic E-state index is 13.1. The highest BCUT2D eigenvalue weighted by Gasteiger charge is 2.06. The molecule has 0 unspecified atom stereocenters. The number of rotatable bonds is 2. The SMILES string of the molecule is CCC(C)=Nc1ccc(F)c(Br)c1C. The van der Waals surface area contributed by atoms with Crippen LogP contribution >= 0.6 is 15.9 Å². The number of halogens is 2. The van der Waals surface area contributed by atoms with E-state index in [4.69, 9.17) is 0 Å². The molecule has 3 heteroatoms. The molecule has 1 rings (SSSR count). The molecule has 0 spiro atoms. The van der Waals surface area contributed by atoms with Crippen molar-refractivity contribution in [2.24, 2.45) is 4.99 Å². The molecule has 0 saturated heterocycles. The monoisotopic (exact) mass is 257 g/mol. The Morgan fingerprint density at radius 1 is 1.50 bits per heavy atom. The van der Waals surface area contributed by atoms with E-state index < -0.39 is 0 Å². The summed E-state index contributed by atoms with van der Waals surface area (Å²) in [5.74, 6) is -0.240. The number of hydrogen-bond donors (Lipinski definition) is 0. The van der Waals surface area contributed by atoms with Gasteiger partial charge in [-0.25, -0.2) is 4.39 Å². The maximum Gasteiger partial charge on any atom is 0.137 e. The van der Waals surface area contributed by atoms with E-state index in [0.717, 1.165) is 23.4 Å². The Balaban J connectivity index is 3.18. The van der Waals surface area contributed by atoms with Gasteiger partial charge in [-0.1, -0.05) is 6.92 Å². The Morgan fingerprint density at radius 2 is 2.14 bits per heavy atom. The van der Waals surface area contributed by atoms with E-state index in [2.05, 4.69) is 20.9 Å². The molecule has 0 amide bonds. The summed E-state index contributed by atoms with van der Waals surface area (Å²) in [5.41, 5.74) is 2.72. The van der Waals surface area contributed by atoms with Gasteiger partial charge in [0.2, 0.25) is 0 Å². The summed E-state index contributed by atoms with van der Waals surface area (Å²) in [6.07, 6.45) is 0.911. The molecule has 0 aliphatic heterocycles. The van der Waals surface area contributed by atoms with Gasteiger partial charge in [-0.3, -0.25) is 4.99 Å². The molecule has 0 saturated carbocycles. The molecule has 0 heterocycles. The van der Waals surface area contributed by atoms with Gasteiger partial charge in [0.05, 0.1) is 10.2 Å². The fourth-order valence-electron chi connectivity index (χ4n) is 1.05. The zero-order chi connectivity index (χ0) is 10.7. The standard InChI is InChI=1S/C11H13BrFN/c1-4-7(2)14-10-6-5-9(13)11(12)8(10)3/h5-6H,4H2,1-3H3. The Hall–Kier alpha value is -0.700. The van der Waals surface area contributed by atoms with Gasteiger partial charge < -0.3 is 0 Å². The summed E-state index contributed by atoms with van der Waals surface area (Å²) in [5, 5.41) is 0. The molecular formula is C11H13BrFN. The second-order valence-electron chi connectivity index (χ2n) is 3.21. The van der Waals surface area contributed by atoms with Crippen LogP contribution in [-0.4, -0.2) is 5.71 Å². The van der Waals surface area contributed by atoms with Crippen LogP contribution in [0.4, 0.5) is 10.1 Å². The summed E-state index contributed by atoms with van der Waals surface area (Å²) >= 11 is 3.20. The Kier molecular flexibility index (Phi) is 3.81. The molecule has 0 aliphatic rings. The van der Waals surface area contributed by atoms with Crippen LogP contribution in [0.25, 0.3) is 0 Å². The quantitative estimate of drug-likeness (QED) is 0.697. The first-order valence-corrected chi connectivity index (χ1v) is 5.34. The maximum atomic E-state index is 13.1. The molecular weight excluding hydrogens is 245 g/mol. The van der Waals surface area contributed by atoms with Crippen molar-refractivity contribution in [1.82, 2.24) is 0 Å². The lowest BCUT2D eigenvalue weighted by molar-refractivity contribution is 0.620. The summed E-state index contributed by atoms with van der Waals surface area (Å²) in [6, 6.07) is 3.13. The van der Waals surface area contributed by atoms with E-state index in [1.165, 1.54) is 6.07 Å². The smallest absolute Gasteiger partial charge is 0.137 e. The third-order valence-corrected chi connectivity index (χ3v) is 3.11. The summed E-state index contributed by atoms with van der Waals surface area (Å²) in [4.78, 5) is 4.40. The Bertz CT molecular complexity index is 372. The van der Waals surface area contributed by atoms with Crippen molar-refractivity contribution in [3.8, 4) is 0 Å². The first kappa shape index (κ1) is 11.4. The van der Waals surface area contributed by atoms with Crippen molar-refractivity contribution in [3.63, 3.8) is 0 Å². The van der Waals surface area contributed by atoms with E-state index in [9.17, 15) is 4.39 Å². The first-order chi connectivity index (χ1) is 6.56. The number of aliphatic imine (C=N–C) groups is 1. The van der Waals surface area contributed by atoms with Gasteiger partial charge in [0, 0.05) is 5.71 Å². The van der Waals surface area contributed by atoms with Crippen LogP contribution in [0.2, 0.25) is 0 Å². The van der Waals surface area contributed by atoms with Crippen molar-refractivity contribution >= 4 is 27.3 Å². The average molecular weight is 258 g/mol. The fourth-order valence-corrected chi connectivity index (χ4v) is 1.38. The molecule has 76 valence electrons. The minimum absolute atomic E-state index is 0.240. The zero-order valence-corrected chi connectivity index (χ0v) is 10.2. The van der Waals surface area contributed by atoms with Crippen LogP contribution in [0.15, 0.2) is 21.6 Å². The van der Waals surface area contributed by atoms with E-state index in [0.29, 0.717) is 4.47 Å². The molecule has 0 fully saturated rings. The lowest BCUT2D eigenvalue weighted by Crippen LogP contribution is -1.88. The predicted molar refractivity (Wildman–Crippen MR) is 61.9 cm³/mol. The number of hydrogen-bond acceptors (Lipinski definition) is 1. The van der Waals surface area contributed by atoms with Gasteiger partial charge in [0.15, 0.2) is 0 Å². The minimum Gasteiger partial charge on any atom is -0.258 e. The van der Waals surface area contributed by atoms with Gasteiger partial charge in [0.25, 0.3) is 0 Å². The van der Waals surface area contributed by atoms with E-state index in [1.54, 1.807) is 6.07 Å². The van der Waals surface area contributed by atoms with Crippen molar-refractivity contribution in [2.75, 3.05) is 0 Å². The van der Waals surface area contributed by atoms with Gasteiger partial charge >= 0.3 is 0 Å². The van der Waals surface area contributed by atoms with Crippen LogP contribution in [0, 0.1) is 12.7 Å². The van der Waals surface area contributed by atoms with Gasteiger partial charge in [-0.2, -0.15) is 0 Å². The second-order valence-corrected chi connectivity index (χ2v) is 4.00. The van der Waals surface area contributed by atoms with Crippen LogP contribution in [0.5, 0.6) is 0 Å². The topological polar surface area (TPSA) is 12.4 Å². The molecule has 0 N–H and O–H groups in total. The summed E-state index contributed by atoms with van der Waals surface area (Å²) in [7, 11) is 0. The highest BCUT2D eigenvalue weighted by atomic mass is 79.9.